The zero-order valence-corrected chi connectivity index (χ0v) is 9.97. The topological polar surface area (TPSA) is 12.0 Å². The highest BCUT2D eigenvalue weighted by atomic mass is 14.9. The average molecular weight is 215 g/mol. The first-order chi connectivity index (χ1) is 7.91. The summed E-state index contributed by atoms with van der Waals surface area (Å²) in [5.41, 5.74) is 3.73. The molecule has 0 saturated carbocycles. The molecule has 0 aromatic heterocycles. The summed E-state index contributed by atoms with van der Waals surface area (Å²) in [5.74, 6) is 0. The number of fused-ring (bicyclic) bond motifs is 2. The Morgan fingerprint density at radius 2 is 1.88 bits per heavy atom. The molecule has 1 N–H and O–H groups in total. The van der Waals surface area contributed by atoms with Crippen LogP contribution in [0.2, 0.25) is 0 Å². The molecule has 1 atom stereocenters. The maximum absolute atomic E-state index is 3.61. The molecule has 0 amide bonds. The second-order valence-electron chi connectivity index (χ2n) is 5.42. The first kappa shape index (κ1) is 10.3. The standard InChI is InChI=1S/C15H21N/c1-2-8-14-13(6-1)7-3-4-9-15(14)10-5-11-16-12-15/h1-2,6,8,16H,3-5,7,9-12H2/t15-/m1/s1. The van der Waals surface area contributed by atoms with Crippen molar-refractivity contribution in [2.75, 3.05) is 13.1 Å². The lowest BCUT2D eigenvalue weighted by Gasteiger charge is -2.38. The third-order valence-corrected chi connectivity index (χ3v) is 4.41. The van der Waals surface area contributed by atoms with Crippen molar-refractivity contribution in [3.63, 3.8) is 0 Å². The SMILES string of the molecule is c1ccc2c(c1)CCCC[C@]21CCCNC1. The molecule has 1 saturated heterocycles. The van der Waals surface area contributed by atoms with Crippen LogP contribution in [0.4, 0.5) is 0 Å². The molecule has 1 aromatic rings. The molecule has 1 heteroatoms. The maximum atomic E-state index is 3.61. The quantitative estimate of drug-likeness (QED) is 0.701. The molecule has 2 aliphatic rings. The number of benzene rings is 1. The van der Waals surface area contributed by atoms with E-state index in [9.17, 15) is 0 Å². The largest absolute Gasteiger partial charge is 0.316 e. The van der Waals surface area contributed by atoms with Gasteiger partial charge in [0.2, 0.25) is 0 Å². The Balaban J connectivity index is 2.04. The number of aryl methyl sites for hydroxylation is 1. The molecule has 0 bridgehead atoms. The summed E-state index contributed by atoms with van der Waals surface area (Å²) >= 11 is 0. The number of piperidine rings is 1. The molecule has 3 rings (SSSR count). The molecule has 0 unspecified atom stereocenters. The summed E-state index contributed by atoms with van der Waals surface area (Å²) < 4.78 is 0. The molecule has 0 radical (unpaired) electrons. The van der Waals surface area contributed by atoms with Crippen molar-refractivity contribution in [3.8, 4) is 0 Å². The number of nitrogens with one attached hydrogen (secondary N) is 1. The first-order valence-electron chi connectivity index (χ1n) is 6.70. The molecule has 1 aromatic carbocycles. The van der Waals surface area contributed by atoms with E-state index < -0.39 is 0 Å². The van der Waals surface area contributed by atoms with E-state index in [1.807, 2.05) is 0 Å². The van der Waals surface area contributed by atoms with Gasteiger partial charge >= 0.3 is 0 Å². The van der Waals surface area contributed by atoms with E-state index in [4.69, 9.17) is 0 Å². The van der Waals surface area contributed by atoms with Gasteiger partial charge in [-0.25, -0.2) is 0 Å². The Kier molecular flexibility index (Phi) is 2.72. The lowest BCUT2D eigenvalue weighted by Crippen LogP contribution is -2.43. The van der Waals surface area contributed by atoms with E-state index in [2.05, 4.69) is 29.6 Å². The maximum Gasteiger partial charge on any atom is 0.00809 e. The minimum Gasteiger partial charge on any atom is -0.316 e. The van der Waals surface area contributed by atoms with Crippen LogP contribution in [0.25, 0.3) is 0 Å². The normalized spacial score (nSPS) is 29.8. The summed E-state index contributed by atoms with van der Waals surface area (Å²) in [6.45, 7) is 2.41. The van der Waals surface area contributed by atoms with Gasteiger partial charge in [-0.05, 0) is 49.8 Å². The van der Waals surface area contributed by atoms with Crippen molar-refractivity contribution < 1.29 is 0 Å². The van der Waals surface area contributed by atoms with Crippen molar-refractivity contribution in [3.05, 3.63) is 35.4 Å². The molecule has 1 nitrogen and oxygen atoms in total. The molecular weight excluding hydrogens is 194 g/mol. The van der Waals surface area contributed by atoms with Gasteiger partial charge in [0.15, 0.2) is 0 Å². The Morgan fingerprint density at radius 1 is 1.00 bits per heavy atom. The summed E-state index contributed by atoms with van der Waals surface area (Å²) in [7, 11) is 0. The van der Waals surface area contributed by atoms with Crippen LogP contribution in [0.3, 0.4) is 0 Å². The summed E-state index contributed by atoms with van der Waals surface area (Å²) in [5, 5.41) is 3.61. The molecule has 1 heterocycles. The van der Waals surface area contributed by atoms with Crippen LogP contribution in [0.15, 0.2) is 24.3 Å². The second-order valence-corrected chi connectivity index (χ2v) is 5.42. The fourth-order valence-corrected chi connectivity index (χ4v) is 3.58. The third-order valence-electron chi connectivity index (χ3n) is 4.41. The van der Waals surface area contributed by atoms with Gasteiger partial charge in [-0.2, -0.15) is 0 Å². The highest BCUT2D eigenvalue weighted by Crippen LogP contribution is 2.40. The van der Waals surface area contributed by atoms with Crippen LogP contribution >= 0.6 is 0 Å². The van der Waals surface area contributed by atoms with Crippen LogP contribution in [0.1, 0.15) is 43.2 Å². The minimum absolute atomic E-state index is 0.464. The monoisotopic (exact) mass is 215 g/mol. The lowest BCUT2D eigenvalue weighted by atomic mass is 9.71. The van der Waals surface area contributed by atoms with Crippen LogP contribution in [-0.2, 0) is 11.8 Å². The lowest BCUT2D eigenvalue weighted by molar-refractivity contribution is 0.290. The molecule has 1 fully saturated rings. The van der Waals surface area contributed by atoms with Crippen LogP contribution < -0.4 is 5.32 Å². The Hall–Kier alpha value is -0.820. The Bertz CT molecular complexity index is 363. The molecule has 1 spiro atoms. The minimum atomic E-state index is 0.464. The van der Waals surface area contributed by atoms with Gasteiger partial charge < -0.3 is 5.32 Å². The highest BCUT2D eigenvalue weighted by molar-refractivity contribution is 5.36. The fourth-order valence-electron chi connectivity index (χ4n) is 3.58. The van der Waals surface area contributed by atoms with Gasteiger partial charge in [-0.3, -0.25) is 0 Å². The van der Waals surface area contributed by atoms with Gasteiger partial charge in [0, 0.05) is 12.0 Å². The fraction of sp³-hybridized carbons (Fsp3) is 0.600. The van der Waals surface area contributed by atoms with E-state index in [1.165, 1.54) is 51.6 Å². The van der Waals surface area contributed by atoms with Gasteiger partial charge in [-0.15, -0.1) is 0 Å². The predicted octanol–water partition coefficient (Wildman–Crippen LogP) is 3.03. The second kappa shape index (κ2) is 4.21. The van der Waals surface area contributed by atoms with Crippen LogP contribution in [0.5, 0.6) is 0 Å². The zero-order chi connectivity index (χ0) is 10.8. The van der Waals surface area contributed by atoms with Crippen molar-refractivity contribution in [2.45, 2.75) is 43.9 Å². The van der Waals surface area contributed by atoms with Gasteiger partial charge in [0.25, 0.3) is 0 Å². The predicted molar refractivity (Wildman–Crippen MR) is 67.8 cm³/mol. The van der Waals surface area contributed by atoms with E-state index in [-0.39, 0.29) is 0 Å². The van der Waals surface area contributed by atoms with Crippen molar-refractivity contribution in [1.82, 2.24) is 5.32 Å². The van der Waals surface area contributed by atoms with E-state index in [1.54, 1.807) is 11.1 Å². The third kappa shape index (κ3) is 1.67. The van der Waals surface area contributed by atoms with Crippen LogP contribution in [0, 0.1) is 0 Å². The number of hydrogen-bond donors (Lipinski definition) is 1. The van der Waals surface area contributed by atoms with Gasteiger partial charge in [0.05, 0.1) is 0 Å². The summed E-state index contributed by atoms with van der Waals surface area (Å²) in [6.07, 6.45) is 8.18. The summed E-state index contributed by atoms with van der Waals surface area (Å²) in [6, 6.07) is 9.15. The molecular formula is C15H21N. The Labute approximate surface area is 98.3 Å². The first-order valence-corrected chi connectivity index (χ1v) is 6.70. The molecule has 1 aliphatic heterocycles. The molecule has 86 valence electrons. The Morgan fingerprint density at radius 3 is 2.75 bits per heavy atom. The van der Waals surface area contributed by atoms with E-state index in [0.717, 1.165) is 0 Å². The number of rotatable bonds is 0. The average Bonchev–Trinajstić information content (AvgIpc) is 2.52. The zero-order valence-electron chi connectivity index (χ0n) is 9.97. The summed E-state index contributed by atoms with van der Waals surface area (Å²) in [4.78, 5) is 0. The smallest absolute Gasteiger partial charge is 0.00809 e. The molecule has 1 aliphatic carbocycles. The van der Waals surface area contributed by atoms with Crippen molar-refractivity contribution >= 4 is 0 Å². The van der Waals surface area contributed by atoms with Crippen molar-refractivity contribution in [1.29, 1.82) is 0 Å². The number of hydrogen-bond acceptors (Lipinski definition) is 1. The highest BCUT2D eigenvalue weighted by Gasteiger charge is 2.35. The van der Waals surface area contributed by atoms with Crippen LogP contribution in [-0.4, -0.2) is 13.1 Å². The van der Waals surface area contributed by atoms with Gasteiger partial charge in [0.1, 0.15) is 0 Å². The van der Waals surface area contributed by atoms with Gasteiger partial charge in [-0.1, -0.05) is 30.7 Å². The molecule has 16 heavy (non-hydrogen) atoms. The van der Waals surface area contributed by atoms with E-state index >= 15 is 0 Å². The van der Waals surface area contributed by atoms with Crippen molar-refractivity contribution in [2.24, 2.45) is 0 Å². The van der Waals surface area contributed by atoms with E-state index in [0.29, 0.717) is 5.41 Å².